The number of carbonyl (C=O) groups excluding carboxylic acids is 2. The molecule has 1 atom stereocenters. The van der Waals surface area contributed by atoms with Gasteiger partial charge in [0.2, 0.25) is 11.8 Å². The van der Waals surface area contributed by atoms with E-state index >= 15 is 0 Å². The third-order valence-corrected chi connectivity index (χ3v) is 4.60. The van der Waals surface area contributed by atoms with Crippen molar-refractivity contribution in [2.75, 3.05) is 14.1 Å². The topological polar surface area (TPSA) is 74.1 Å². The van der Waals surface area contributed by atoms with Gasteiger partial charge in [-0.05, 0) is 17.7 Å². The Balaban J connectivity index is 2.04. The molecule has 1 unspecified atom stereocenters. The van der Waals surface area contributed by atoms with Crippen LogP contribution in [0.3, 0.4) is 0 Å². The van der Waals surface area contributed by atoms with E-state index in [2.05, 4.69) is 15.5 Å². The molecule has 1 aromatic rings. The fourth-order valence-corrected chi connectivity index (χ4v) is 3.05. The Kier molecular flexibility index (Phi) is 5.83. The first kappa shape index (κ1) is 19.0. The molecule has 0 spiro atoms. The van der Waals surface area contributed by atoms with Crippen LogP contribution in [0.4, 0.5) is 13.2 Å². The van der Waals surface area contributed by atoms with E-state index in [4.69, 9.17) is 0 Å². The van der Waals surface area contributed by atoms with Crippen LogP contribution in [0, 0.1) is 0 Å². The zero-order valence-electron chi connectivity index (χ0n) is 13.4. The summed E-state index contributed by atoms with van der Waals surface area (Å²) in [6.45, 7) is 0. The molecule has 1 saturated heterocycles. The second-order valence-corrected chi connectivity index (χ2v) is 6.30. The first-order valence-electron chi connectivity index (χ1n) is 7.15. The van der Waals surface area contributed by atoms with Crippen molar-refractivity contribution in [2.24, 2.45) is 10.2 Å². The van der Waals surface area contributed by atoms with Gasteiger partial charge in [-0.2, -0.15) is 18.3 Å². The average molecular weight is 372 g/mol. The average Bonchev–Trinajstić information content (AvgIpc) is 2.82. The van der Waals surface area contributed by atoms with Gasteiger partial charge in [0.05, 0.1) is 11.8 Å². The number of amides is 2. The summed E-state index contributed by atoms with van der Waals surface area (Å²) in [5.74, 6) is -0.508. The number of carbonyl (C=O) groups is 2. The highest BCUT2D eigenvalue weighted by molar-refractivity contribution is 8.15. The van der Waals surface area contributed by atoms with Crippen LogP contribution in [-0.2, 0) is 15.8 Å². The van der Waals surface area contributed by atoms with Gasteiger partial charge in [-0.3, -0.25) is 14.5 Å². The van der Waals surface area contributed by atoms with Gasteiger partial charge < -0.3 is 5.32 Å². The Morgan fingerprint density at radius 3 is 2.56 bits per heavy atom. The van der Waals surface area contributed by atoms with Crippen LogP contribution in [0.15, 0.2) is 34.5 Å². The Labute approximate surface area is 146 Å². The molecule has 2 amide bonds. The van der Waals surface area contributed by atoms with Gasteiger partial charge in [0.15, 0.2) is 5.17 Å². The highest BCUT2D eigenvalue weighted by atomic mass is 32.2. The van der Waals surface area contributed by atoms with Gasteiger partial charge in [0.1, 0.15) is 5.25 Å². The SMILES string of the molecule is CNC(=O)CC1S/C(=N\N=C\c2ccc(C(F)(F)F)cc2)N(C)C1=O. The summed E-state index contributed by atoms with van der Waals surface area (Å²) in [7, 11) is 3.01. The number of rotatable bonds is 4. The first-order chi connectivity index (χ1) is 11.7. The van der Waals surface area contributed by atoms with E-state index in [1.807, 2.05) is 0 Å². The maximum atomic E-state index is 12.5. The molecule has 0 aliphatic carbocycles. The lowest BCUT2D eigenvalue weighted by Crippen LogP contribution is -2.31. The van der Waals surface area contributed by atoms with Crippen molar-refractivity contribution >= 4 is 35.0 Å². The van der Waals surface area contributed by atoms with Gasteiger partial charge in [-0.15, -0.1) is 5.10 Å². The van der Waals surface area contributed by atoms with Crippen molar-refractivity contribution in [1.29, 1.82) is 0 Å². The summed E-state index contributed by atoms with van der Waals surface area (Å²) in [5, 5.41) is 9.91. The number of benzene rings is 1. The molecule has 1 heterocycles. The number of amidine groups is 1. The molecule has 10 heteroatoms. The van der Waals surface area contributed by atoms with Crippen LogP contribution < -0.4 is 5.32 Å². The van der Waals surface area contributed by atoms with Gasteiger partial charge in [-0.25, -0.2) is 0 Å². The van der Waals surface area contributed by atoms with Gasteiger partial charge in [-0.1, -0.05) is 23.9 Å². The summed E-state index contributed by atoms with van der Waals surface area (Å²) >= 11 is 1.11. The number of nitrogens with zero attached hydrogens (tertiary/aromatic N) is 3. The van der Waals surface area contributed by atoms with Crippen LogP contribution >= 0.6 is 11.8 Å². The number of hydrogen-bond acceptors (Lipinski definition) is 5. The molecule has 1 aromatic carbocycles. The summed E-state index contributed by atoms with van der Waals surface area (Å²) in [5.41, 5.74) is -0.305. The Morgan fingerprint density at radius 2 is 2.00 bits per heavy atom. The molecule has 134 valence electrons. The fraction of sp³-hybridized carbons (Fsp3) is 0.333. The minimum atomic E-state index is -4.39. The van der Waals surface area contributed by atoms with Crippen LogP contribution in [0.1, 0.15) is 17.5 Å². The van der Waals surface area contributed by atoms with Crippen molar-refractivity contribution in [3.63, 3.8) is 0 Å². The monoisotopic (exact) mass is 372 g/mol. The second kappa shape index (κ2) is 7.68. The first-order valence-corrected chi connectivity index (χ1v) is 8.03. The Hall–Kier alpha value is -2.36. The number of halogens is 3. The quantitative estimate of drug-likeness (QED) is 0.650. The lowest BCUT2D eigenvalue weighted by Gasteiger charge is -2.07. The predicted octanol–water partition coefficient (Wildman–Crippen LogP) is 2.11. The molecular weight excluding hydrogens is 357 g/mol. The van der Waals surface area contributed by atoms with Gasteiger partial charge >= 0.3 is 6.18 Å². The molecule has 6 nitrogen and oxygen atoms in total. The number of nitrogens with one attached hydrogen (secondary N) is 1. The van der Waals surface area contributed by atoms with E-state index in [1.54, 1.807) is 0 Å². The molecule has 0 aromatic heterocycles. The smallest absolute Gasteiger partial charge is 0.359 e. The van der Waals surface area contributed by atoms with Crippen molar-refractivity contribution in [2.45, 2.75) is 17.8 Å². The summed E-state index contributed by atoms with van der Waals surface area (Å²) in [4.78, 5) is 24.7. The number of thioether (sulfide) groups is 1. The zero-order chi connectivity index (χ0) is 18.6. The summed E-state index contributed by atoms with van der Waals surface area (Å²) in [6, 6.07) is 4.46. The van der Waals surface area contributed by atoms with Crippen LogP contribution in [0.2, 0.25) is 0 Å². The third kappa shape index (κ3) is 4.81. The number of alkyl halides is 3. The van der Waals surface area contributed by atoms with Crippen LogP contribution in [0.25, 0.3) is 0 Å². The normalized spacial score (nSPS) is 19.9. The molecule has 1 fully saturated rings. The van der Waals surface area contributed by atoms with Crippen molar-refractivity contribution in [3.8, 4) is 0 Å². The second-order valence-electron chi connectivity index (χ2n) is 5.13. The van der Waals surface area contributed by atoms with Crippen LogP contribution in [0.5, 0.6) is 0 Å². The highest BCUT2D eigenvalue weighted by Gasteiger charge is 2.36. The fourth-order valence-electron chi connectivity index (χ4n) is 1.96. The number of hydrogen-bond donors (Lipinski definition) is 1. The van der Waals surface area contributed by atoms with E-state index in [-0.39, 0.29) is 18.2 Å². The maximum absolute atomic E-state index is 12.5. The highest BCUT2D eigenvalue weighted by Crippen LogP contribution is 2.29. The largest absolute Gasteiger partial charge is 0.416 e. The van der Waals surface area contributed by atoms with Crippen LogP contribution in [-0.4, -0.2) is 47.4 Å². The molecule has 25 heavy (non-hydrogen) atoms. The molecule has 0 bridgehead atoms. The van der Waals surface area contributed by atoms with E-state index < -0.39 is 17.0 Å². The molecule has 2 rings (SSSR count). The van der Waals surface area contributed by atoms with E-state index in [0.717, 1.165) is 23.9 Å². The van der Waals surface area contributed by atoms with Crippen molar-refractivity contribution < 1.29 is 22.8 Å². The summed E-state index contributed by atoms with van der Waals surface area (Å²) in [6.07, 6.45) is -3.07. The van der Waals surface area contributed by atoms with Gasteiger partial charge in [0, 0.05) is 20.5 Å². The third-order valence-electron chi connectivity index (χ3n) is 3.38. The minimum absolute atomic E-state index is 0.0337. The molecule has 1 N–H and O–H groups in total. The molecule has 0 saturated carbocycles. The zero-order valence-corrected chi connectivity index (χ0v) is 14.2. The van der Waals surface area contributed by atoms with Crippen molar-refractivity contribution in [1.82, 2.24) is 10.2 Å². The predicted molar refractivity (Wildman–Crippen MR) is 89.3 cm³/mol. The maximum Gasteiger partial charge on any atom is 0.416 e. The minimum Gasteiger partial charge on any atom is -0.359 e. The van der Waals surface area contributed by atoms with E-state index in [9.17, 15) is 22.8 Å². The Morgan fingerprint density at radius 1 is 1.36 bits per heavy atom. The van der Waals surface area contributed by atoms with E-state index in [1.165, 1.54) is 37.3 Å². The molecule has 1 aliphatic heterocycles. The molecule has 0 radical (unpaired) electrons. The standard InChI is InChI=1S/C15H15F3N4O2S/c1-19-12(23)7-11-13(24)22(2)14(25-11)21-20-8-9-3-5-10(6-4-9)15(16,17)18/h3-6,8,11H,7H2,1-2H3,(H,19,23)/b20-8+,21-14-. The lowest BCUT2D eigenvalue weighted by atomic mass is 10.1. The summed E-state index contributed by atoms with van der Waals surface area (Å²) < 4.78 is 37.5. The Bertz CT molecular complexity index is 716. The lowest BCUT2D eigenvalue weighted by molar-refractivity contribution is -0.137. The molecule has 1 aliphatic rings. The van der Waals surface area contributed by atoms with E-state index in [0.29, 0.717) is 10.7 Å². The molecular formula is C15H15F3N4O2S. The van der Waals surface area contributed by atoms with Crippen molar-refractivity contribution in [3.05, 3.63) is 35.4 Å². The van der Waals surface area contributed by atoms with Gasteiger partial charge in [0.25, 0.3) is 0 Å².